The normalized spacial score (nSPS) is 22.0. The van der Waals surface area contributed by atoms with E-state index in [9.17, 15) is 8.42 Å². The zero-order valence-corrected chi connectivity index (χ0v) is 16.2. The van der Waals surface area contributed by atoms with Crippen LogP contribution in [-0.4, -0.2) is 74.4 Å². The average molecular weight is 388 g/mol. The lowest BCUT2D eigenvalue weighted by molar-refractivity contribution is 0.600. The summed E-state index contributed by atoms with van der Waals surface area (Å²) in [5.41, 5.74) is 1.24. The molecule has 0 bridgehead atoms. The molecule has 1 unspecified atom stereocenters. The van der Waals surface area contributed by atoms with Gasteiger partial charge in [0.2, 0.25) is 5.95 Å². The van der Waals surface area contributed by atoms with Gasteiger partial charge in [-0.2, -0.15) is 10.1 Å². The van der Waals surface area contributed by atoms with Gasteiger partial charge in [-0.25, -0.2) is 8.42 Å². The average Bonchev–Trinajstić information content (AvgIpc) is 3.08. The first-order chi connectivity index (χ1) is 13.0. The summed E-state index contributed by atoms with van der Waals surface area (Å²) in [5, 5.41) is 8.23. The Labute approximate surface area is 159 Å². The highest BCUT2D eigenvalue weighted by molar-refractivity contribution is 7.91. The van der Waals surface area contributed by atoms with Gasteiger partial charge >= 0.3 is 0 Å². The molecule has 1 aromatic carbocycles. The predicted molar refractivity (Wildman–Crippen MR) is 106 cm³/mol. The summed E-state index contributed by atoms with van der Waals surface area (Å²) in [7, 11) is -1.10. The molecule has 8 nitrogen and oxygen atoms in total. The van der Waals surface area contributed by atoms with Crippen LogP contribution in [0.25, 0.3) is 0 Å². The number of benzene rings is 1. The molecule has 2 aliphatic rings. The quantitative estimate of drug-likeness (QED) is 0.761. The van der Waals surface area contributed by atoms with Gasteiger partial charge in [0.15, 0.2) is 15.7 Å². The minimum Gasteiger partial charge on any atom is -0.368 e. The summed E-state index contributed by atoms with van der Waals surface area (Å²) in [6.45, 7) is 3.54. The molecule has 0 amide bonds. The summed E-state index contributed by atoms with van der Waals surface area (Å²) in [6.07, 6.45) is 2.29. The van der Waals surface area contributed by atoms with Gasteiger partial charge in [0, 0.05) is 45.0 Å². The Morgan fingerprint density at radius 3 is 2.44 bits per heavy atom. The van der Waals surface area contributed by atoms with E-state index in [1.807, 2.05) is 18.0 Å². The number of piperazine rings is 1. The number of hydrogen-bond acceptors (Lipinski definition) is 8. The van der Waals surface area contributed by atoms with E-state index in [0.717, 1.165) is 32.0 Å². The molecule has 0 N–H and O–H groups in total. The molecule has 0 saturated carbocycles. The van der Waals surface area contributed by atoms with Crippen molar-refractivity contribution in [3.05, 3.63) is 36.5 Å². The lowest BCUT2D eigenvalue weighted by Crippen LogP contribution is -2.47. The third kappa shape index (κ3) is 3.97. The Kier molecular flexibility index (Phi) is 4.86. The lowest BCUT2D eigenvalue weighted by atomic mass is 10.2. The van der Waals surface area contributed by atoms with Crippen LogP contribution in [0.5, 0.6) is 0 Å². The Morgan fingerprint density at radius 1 is 1.07 bits per heavy atom. The highest BCUT2D eigenvalue weighted by atomic mass is 32.2. The van der Waals surface area contributed by atoms with E-state index in [1.165, 1.54) is 5.69 Å². The van der Waals surface area contributed by atoms with Crippen LogP contribution in [0, 0.1) is 0 Å². The minimum absolute atomic E-state index is 0.0815. The van der Waals surface area contributed by atoms with Crippen molar-refractivity contribution in [2.24, 2.45) is 0 Å². The van der Waals surface area contributed by atoms with E-state index in [0.29, 0.717) is 12.4 Å². The maximum atomic E-state index is 11.7. The second kappa shape index (κ2) is 7.30. The summed E-state index contributed by atoms with van der Waals surface area (Å²) in [6, 6.07) is 10.3. The van der Waals surface area contributed by atoms with Gasteiger partial charge in [-0.05, 0) is 18.6 Å². The van der Waals surface area contributed by atoms with E-state index >= 15 is 0 Å². The maximum absolute atomic E-state index is 11.7. The standard InChI is InChI=1S/C18H24N6O2S/c1-22(16-7-12-27(25,26)14-16)18-20-17(13-19-21-18)24-10-8-23(9-11-24)15-5-3-2-4-6-15/h2-6,13,16H,7-12,14H2,1H3. The number of para-hydroxylation sites is 1. The Morgan fingerprint density at radius 2 is 1.78 bits per heavy atom. The van der Waals surface area contributed by atoms with Crippen molar-refractivity contribution >= 4 is 27.3 Å². The number of anilines is 3. The van der Waals surface area contributed by atoms with Gasteiger partial charge in [-0.3, -0.25) is 0 Å². The van der Waals surface area contributed by atoms with Crippen LogP contribution in [-0.2, 0) is 9.84 Å². The third-order valence-electron chi connectivity index (χ3n) is 5.33. The molecule has 2 fully saturated rings. The predicted octanol–water partition coefficient (Wildman–Crippen LogP) is 0.821. The molecule has 2 aliphatic heterocycles. The lowest BCUT2D eigenvalue weighted by Gasteiger charge is -2.36. The molecule has 144 valence electrons. The zero-order chi connectivity index (χ0) is 18.9. The molecular weight excluding hydrogens is 364 g/mol. The number of nitrogens with zero attached hydrogens (tertiary/aromatic N) is 6. The monoisotopic (exact) mass is 388 g/mol. The molecule has 3 heterocycles. The van der Waals surface area contributed by atoms with Crippen molar-refractivity contribution in [3.8, 4) is 0 Å². The van der Waals surface area contributed by atoms with Crippen LogP contribution >= 0.6 is 0 Å². The van der Waals surface area contributed by atoms with E-state index in [2.05, 4.69) is 49.2 Å². The van der Waals surface area contributed by atoms with Gasteiger partial charge in [0.25, 0.3) is 0 Å². The fourth-order valence-corrected chi connectivity index (χ4v) is 5.44. The van der Waals surface area contributed by atoms with E-state index in [1.54, 1.807) is 6.20 Å². The van der Waals surface area contributed by atoms with Crippen molar-refractivity contribution in [1.82, 2.24) is 15.2 Å². The van der Waals surface area contributed by atoms with Gasteiger partial charge in [0.1, 0.15) is 0 Å². The number of hydrogen-bond donors (Lipinski definition) is 0. The molecule has 1 aromatic heterocycles. The first-order valence-electron chi connectivity index (χ1n) is 9.20. The molecule has 0 radical (unpaired) electrons. The molecule has 0 aliphatic carbocycles. The van der Waals surface area contributed by atoms with Crippen molar-refractivity contribution in [3.63, 3.8) is 0 Å². The van der Waals surface area contributed by atoms with Crippen molar-refractivity contribution < 1.29 is 8.42 Å². The fraction of sp³-hybridized carbons (Fsp3) is 0.500. The summed E-state index contributed by atoms with van der Waals surface area (Å²) >= 11 is 0. The van der Waals surface area contributed by atoms with Crippen LogP contribution < -0.4 is 14.7 Å². The van der Waals surface area contributed by atoms with Crippen LogP contribution in [0.2, 0.25) is 0 Å². The van der Waals surface area contributed by atoms with Crippen molar-refractivity contribution in [2.45, 2.75) is 12.5 Å². The number of sulfone groups is 1. The molecule has 2 saturated heterocycles. The first kappa shape index (κ1) is 18.0. The summed E-state index contributed by atoms with van der Waals surface area (Å²) < 4.78 is 23.5. The second-order valence-corrected chi connectivity index (χ2v) is 9.32. The van der Waals surface area contributed by atoms with Crippen LogP contribution in [0.4, 0.5) is 17.5 Å². The molecular formula is C18H24N6O2S. The second-order valence-electron chi connectivity index (χ2n) is 7.09. The third-order valence-corrected chi connectivity index (χ3v) is 7.08. The van der Waals surface area contributed by atoms with Crippen LogP contribution in [0.15, 0.2) is 36.5 Å². The molecule has 0 spiro atoms. The Balaban J connectivity index is 1.43. The van der Waals surface area contributed by atoms with Gasteiger partial charge in [-0.15, -0.1) is 5.10 Å². The first-order valence-corrected chi connectivity index (χ1v) is 11.0. The van der Waals surface area contributed by atoms with Crippen molar-refractivity contribution in [2.75, 3.05) is 59.4 Å². The van der Waals surface area contributed by atoms with E-state index in [4.69, 9.17) is 0 Å². The largest absolute Gasteiger partial charge is 0.368 e. The molecule has 1 atom stereocenters. The minimum atomic E-state index is -2.95. The SMILES string of the molecule is CN(c1nncc(N2CCN(c3ccccc3)CC2)n1)C1CCS(=O)(=O)C1. The van der Waals surface area contributed by atoms with Gasteiger partial charge in [0.05, 0.1) is 17.7 Å². The topological polar surface area (TPSA) is 82.5 Å². The smallest absolute Gasteiger partial charge is 0.247 e. The molecule has 2 aromatic rings. The number of rotatable bonds is 4. The maximum Gasteiger partial charge on any atom is 0.247 e. The highest BCUT2D eigenvalue weighted by Gasteiger charge is 2.32. The van der Waals surface area contributed by atoms with Crippen LogP contribution in [0.3, 0.4) is 0 Å². The van der Waals surface area contributed by atoms with Gasteiger partial charge in [-0.1, -0.05) is 18.2 Å². The van der Waals surface area contributed by atoms with E-state index < -0.39 is 9.84 Å². The fourth-order valence-electron chi connectivity index (χ4n) is 3.66. The van der Waals surface area contributed by atoms with Crippen molar-refractivity contribution in [1.29, 1.82) is 0 Å². The highest BCUT2D eigenvalue weighted by Crippen LogP contribution is 2.22. The van der Waals surface area contributed by atoms with E-state index in [-0.39, 0.29) is 17.5 Å². The summed E-state index contributed by atoms with van der Waals surface area (Å²) in [4.78, 5) is 11.1. The molecule has 27 heavy (non-hydrogen) atoms. The molecule has 4 rings (SSSR count). The van der Waals surface area contributed by atoms with Crippen LogP contribution in [0.1, 0.15) is 6.42 Å². The Bertz CT molecular complexity index is 884. The molecule has 9 heteroatoms. The number of aromatic nitrogens is 3. The van der Waals surface area contributed by atoms with Gasteiger partial charge < -0.3 is 14.7 Å². The summed E-state index contributed by atoms with van der Waals surface area (Å²) in [5.74, 6) is 1.67. The zero-order valence-electron chi connectivity index (χ0n) is 15.4. The Hall–Kier alpha value is -2.42.